The van der Waals surface area contributed by atoms with Gasteiger partial charge in [0.2, 0.25) is 11.7 Å². The average Bonchev–Trinajstić information content (AvgIpc) is 2.85. The molecule has 1 N–H and O–H groups in total. The predicted octanol–water partition coefficient (Wildman–Crippen LogP) is 3.57. The predicted molar refractivity (Wildman–Crippen MR) is 78.9 cm³/mol. The zero-order valence-electron chi connectivity index (χ0n) is 11.5. The molecule has 20 heavy (non-hydrogen) atoms. The summed E-state index contributed by atoms with van der Waals surface area (Å²) in [6.07, 6.45) is 1.65. The molecule has 0 aliphatic carbocycles. The van der Waals surface area contributed by atoms with Gasteiger partial charge >= 0.3 is 0 Å². The molecule has 0 saturated carbocycles. The number of aromatic nitrogens is 2. The van der Waals surface area contributed by atoms with Crippen molar-refractivity contribution in [2.24, 2.45) is 0 Å². The lowest BCUT2D eigenvalue weighted by Gasteiger charge is -2.09. The molecule has 0 saturated heterocycles. The van der Waals surface area contributed by atoms with Crippen LogP contribution in [-0.4, -0.2) is 22.7 Å². The maximum atomic E-state index is 13.0. The lowest BCUT2D eigenvalue weighted by molar-refractivity contribution is 0.368. The molecule has 0 aliphatic heterocycles. The van der Waals surface area contributed by atoms with Gasteiger partial charge in [-0.15, -0.1) is 0 Å². The van der Waals surface area contributed by atoms with E-state index in [0.717, 1.165) is 24.9 Å². The summed E-state index contributed by atoms with van der Waals surface area (Å²) in [4.78, 5) is 4.35. The van der Waals surface area contributed by atoms with Crippen LogP contribution >= 0.6 is 15.9 Å². The van der Waals surface area contributed by atoms with E-state index in [2.05, 4.69) is 45.2 Å². The Morgan fingerprint density at radius 1 is 1.45 bits per heavy atom. The highest BCUT2D eigenvalue weighted by Gasteiger charge is 2.13. The van der Waals surface area contributed by atoms with Gasteiger partial charge < -0.3 is 9.84 Å². The van der Waals surface area contributed by atoms with E-state index < -0.39 is 0 Å². The molecule has 0 bridgehead atoms. The first kappa shape index (κ1) is 15.1. The van der Waals surface area contributed by atoms with Crippen molar-refractivity contribution in [3.63, 3.8) is 0 Å². The number of rotatable bonds is 6. The Kier molecular flexibility index (Phi) is 5.25. The standard InChI is InChI=1S/C14H17BrFN3O/c1-3-17-9(2)4-7-13-18-14(19-20-13)11-6-5-10(16)8-12(11)15/h5-6,8-9,17H,3-4,7H2,1-2H3. The average molecular weight is 342 g/mol. The van der Waals surface area contributed by atoms with E-state index in [1.165, 1.54) is 12.1 Å². The Balaban J connectivity index is 2.05. The van der Waals surface area contributed by atoms with Crippen molar-refractivity contribution in [2.75, 3.05) is 6.54 Å². The molecule has 1 heterocycles. The monoisotopic (exact) mass is 341 g/mol. The first-order valence-electron chi connectivity index (χ1n) is 6.61. The summed E-state index contributed by atoms with van der Waals surface area (Å²) in [7, 11) is 0. The Morgan fingerprint density at radius 3 is 2.95 bits per heavy atom. The minimum atomic E-state index is -0.302. The van der Waals surface area contributed by atoms with Crippen LogP contribution in [0.25, 0.3) is 11.4 Å². The summed E-state index contributed by atoms with van der Waals surface area (Å²) >= 11 is 3.30. The molecule has 2 aromatic rings. The first-order chi connectivity index (χ1) is 9.60. The second-order valence-corrected chi connectivity index (χ2v) is 5.49. The number of hydrogen-bond acceptors (Lipinski definition) is 4. The van der Waals surface area contributed by atoms with E-state index in [1.807, 2.05) is 0 Å². The third kappa shape index (κ3) is 3.86. The number of aryl methyl sites for hydroxylation is 1. The van der Waals surface area contributed by atoms with Gasteiger partial charge in [0.05, 0.1) is 0 Å². The van der Waals surface area contributed by atoms with Gasteiger partial charge in [-0.1, -0.05) is 12.1 Å². The topological polar surface area (TPSA) is 51.0 Å². The summed E-state index contributed by atoms with van der Waals surface area (Å²) in [6, 6.07) is 4.81. The summed E-state index contributed by atoms with van der Waals surface area (Å²) in [5.74, 6) is 0.771. The maximum Gasteiger partial charge on any atom is 0.227 e. The molecular formula is C14H17BrFN3O. The molecular weight excluding hydrogens is 325 g/mol. The summed E-state index contributed by atoms with van der Waals surface area (Å²) in [5, 5.41) is 7.27. The van der Waals surface area contributed by atoms with Crippen molar-refractivity contribution in [1.29, 1.82) is 0 Å². The lowest BCUT2D eigenvalue weighted by Crippen LogP contribution is -2.25. The molecule has 1 aromatic heterocycles. The van der Waals surface area contributed by atoms with E-state index >= 15 is 0 Å². The number of nitrogens with one attached hydrogen (secondary N) is 1. The van der Waals surface area contributed by atoms with Crippen molar-refractivity contribution in [3.8, 4) is 11.4 Å². The first-order valence-corrected chi connectivity index (χ1v) is 7.41. The number of benzene rings is 1. The van der Waals surface area contributed by atoms with Gasteiger partial charge in [-0.3, -0.25) is 0 Å². The number of nitrogens with zero attached hydrogens (tertiary/aromatic N) is 2. The Bertz CT molecular complexity index is 573. The maximum absolute atomic E-state index is 13.0. The van der Waals surface area contributed by atoms with Crippen LogP contribution in [0.3, 0.4) is 0 Å². The Labute approximate surface area is 125 Å². The van der Waals surface area contributed by atoms with Crippen LogP contribution in [0.15, 0.2) is 27.2 Å². The van der Waals surface area contributed by atoms with Crippen LogP contribution in [0.1, 0.15) is 26.2 Å². The molecule has 4 nitrogen and oxygen atoms in total. The third-order valence-electron chi connectivity index (χ3n) is 2.98. The quantitative estimate of drug-likeness (QED) is 0.872. The van der Waals surface area contributed by atoms with Crippen molar-refractivity contribution >= 4 is 15.9 Å². The van der Waals surface area contributed by atoms with Crippen LogP contribution < -0.4 is 5.32 Å². The molecule has 1 aromatic carbocycles. The molecule has 1 atom stereocenters. The highest BCUT2D eigenvalue weighted by atomic mass is 79.9. The summed E-state index contributed by atoms with van der Waals surface area (Å²) < 4.78 is 18.9. The van der Waals surface area contributed by atoms with E-state index in [-0.39, 0.29) is 5.82 Å². The zero-order valence-corrected chi connectivity index (χ0v) is 13.1. The molecule has 0 amide bonds. The van der Waals surface area contributed by atoms with Crippen molar-refractivity contribution in [1.82, 2.24) is 15.5 Å². The second kappa shape index (κ2) is 6.95. The SMILES string of the molecule is CCNC(C)CCc1nc(-c2ccc(F)cc2Br)no1. The van der Waals surface area contributed by atoms with Gasteiger partial charge in [0.1, 0.15) is 5.82 Å². The molecule has 0 radical (unpaired) electrons. The molecule has 1 unspecified atom stereocenters. The Morgan fingerprint density at radius 2 is 2.25 bits per heavy atom. The molecule has 108 valence electrons. The van der Waals surface area contributed by atoms with Crippen LogP contribution in [0, 0.1) is 5.82 Å². The minimum absolute atomic E-state index is 0.302. The fraction of sp³-hybridized carbons (Fsp3) is 0.429. The molecule has 0 spiro atoms. The summed E-state index contributed by atoms with van der Waals surface area (Å²) in [6.45, 7) is 5.14. The van der Waals surface area contributed by atoms with Gasteiger partial charge in [0, 0.05) is 22.5 Å². The van der Waals surface area contributed by atoms with E-state index in [1.54, 1.807) is 6.07 Å². The van der Waals surface area contributed by atoms with Crippen LogP contribution in [0.4, 0.5) is 4.39 Å². The lowest BCUT2D eigenvalue weighted by atomic mass is 10.2. The minimum Gasteiger partial charge on any atom is -0.339 e. The third-order valence-corrected chi connectivity index (χ3v) is 3.64. The van der Waals surface area contributed by atoms with Crippen molar-refractivity contribution in [2.45, 2.75) is 32.7 Å². The summed E-state index contributed by atoms with van der Waals surface area (Å²) in [5.41, 5.74) is 0.723. The molecule has 0 aliphatic rings. The molecule has 6 heteroatoms. The van der Waals surface area contributed by atoms with Gasteiger partial charge in [-0.05, 0) is 54.0 Å². The second-order valence-electron chi connectivity index (χ2n) is 4.63. The number of hydrogen-bond donors (Lipinski definition) is 1. The highest BCUT2D eigenvalue weighted by Crippen LogP contribution is 2.26. The van der Waals surface area contributed by atoms with Crippen molar-refractivity contribution < 1.29 is 8.91 Å². The Hall–Kier alpha value is -1.27. The van der Waals surface area contributed by atoms with E-state index in [0.29, 0.717) is 22.2 Å². The highest BCUT2D eigenvalue weighted by molar-refractivity contribution is 9.10. The largest absolute Gasteiger partial charge is 0.339 e. The van der Waals surface area contributed by atoms with Crippen LogP contribution in [-0.2, 0) is 6.42 Å². The fourth-order valence-electron chi connectivity index (χ4n) is 1.93. The van der Waals surface area contributed by atoms with Crippen LogP contribution in [0.5, 0.6) is 0 Å². The van der Waals surface area contributed by atoms with Crippen molar-refractivity contribution in [3.05, 3.63) is 34.4 Å². The normalized spacial score (nSPS) is 12.6. The van der Waals surface area contributed by atoms with Gasteiger partial charge in [-0.25, -0.2) is 4.39 Å². The van der Waals surface area contributed by atoms with Crippen LogP contribution in [0.2, 0.25) is 0 Å². The fourth-order valence-corrected chi connectivity index (χ4v) is 2.46. The van der Waals surface area contributed by atoms with E-state index in [4.69, 9.17) is 4.52 Å². The van der Waals surface area contributed by atoms with Gasteiger partial charge in [-0.2, -0.15) is 4.98 Å². The zero-order chi connectivity index (χ0) is 14.5. The van der Waals surface area contributed by atoms with Gasteiger partial charge in [0.15, 0.2) is 0 Å². The molecule has 2 rings (SSSR count). The van der Waals surface area contributed by atoms with E-state index in [9.17, 15) is 4.39 Å². The molecule has 0 fully saturated rings. The smallest absolute Gasteiger partial charge is 0.227 e. The number of halogens is 2. The van der Waals surface area contributed by atoms with Gasteiger partial charge in [0.25, 0.3) is 0 Å².